The molecule has 13 heteroatoms. The minimum Gasteiger partial charge on any atom is -0.507 e. The number of phenolic OH excluding ortho intramolecular Hbond substituents is 1. The molecule has 5 rings (SSSR count). The van der Waals surface area contributed by atoms with E-state index in [4.69, 9.17) is 21.9 Å². The molecule has 3 aliphatic rings. The van der Waals surface area contributed by atoms with Crippen LogP contribution in [0.2, 0.25) is 0 Å². The van der Waals surface area contributed by atoms with Crippen molar-refractivity contribution in [1.29, 1.82) is 5.26 Å². The molecule has 2 aromatic rings. The van der Waals surface area contributed by atoms with Gasteiger partial charge in [-0.05, 0) is 56.3 Å². The summed E-state index contributed by atoms with van der Waals surface area (Å²) < 4.78 is 5.23. The summed E-state index contributed by atoms with van der Waals surface area (Å²) in [6.45, 7) is 0. The minimum atomic E-state index is -2.80. The van der Waals surface area contributed by atoms with Crippen LogP contribution in [0.3, 0.4) is 0 Å². The van der Waals surface area contributed by atoms with Gasteiger partial charge in [0.25, 0.3) is 0 Å². The third-order valence-corrected chi connectivity index (χ3v) is 9.45. The molecule has 0 aromatic heterocycles. The van der Waals surface area contributed by atoms with E-state index in [1.165, 1.54) is 26.1 Å². The van der Waals surface area contributed by atoms with Crippen LogP contribution in [0.1, 0.15) is 22.3 Å². The number of amides is 1. The largest absolute Gasteiger partial charge is 0.507 e. The molecule has 2 saturated carbocycles. The molecule has 1 amide bonds. The minimum absolute atomic E-state index is 0.156. The van der Waals surface area contributed by atoms with E-state index >= 15 is 0 Å². The highest BCUT2D eigenvalue weighted by Crippen LogP contribution is 2.57. The fourth-order valence-electron chi connectivity index (χ4n) is 7.65. The van der Waals surface area contributed by atoms with Gasteiger partial charge >= 0.3 is 0 Å². The normalized spacial score (nSPS) is 31.1. The topological polar surface area (TPSA) is 223 Å². The predicted octanol–water partition coefficient (Wildman–Crippen LogP) is -0.450. The second-order valence-electron chi connectivity index (χ2n) is 12.4. The van der Waals surface area contributed by atoms with Gasteiger partial charge in [-0.1, -0.05) is 12.1 Å². The van der Waals surface area contributed by atoms with Crippen molar-refractivity contribution >= 4 is 34.7 Å². The second-order valence-corrected chi connectivity index (χ2v) is 12.4. The maximum absolute atomic E-state index is 14.6. The van der Waals surface area contributed by atoms with Crippen LogP contribution < -0.4 is 26.8 Å². The van der Waals surface area contributed by atoms with Crippen LogP contribution in [-0.4, -0.2) is 91.5 Å². The Morgan fingerprint density at radius 2 is 1.68 bits per heavy atom. The number of fused-ring (bicyclic) bond motifs is 3. The summed E-state index contributed by atoms with van der Waals surface area (Å²) in [7, 11) is 7.91. The molecule has 6 atom stereocenters. The van der Waals surface area contributed by atoms with Gasteiger partial charge in [0.15, 0.2) is 34.5 Å². The zero-order valence-corrected chi connectivity index (χ0v) is 25.0. The molecule has 0 aliphatic heterocycles. The van der Waals surface area contributed by atoms with Crippen molar-refractivity contribution in [2.75, 3.05) is 40.2 Å². The number of carbonyl (C=O) groups excluding carboxylic acids is 5. The standard InChI is InChI=1S/C31H34N6O7/c1-36(2)18-10-16(14-6-8-15(44-5)9-7-14)22(38)19-17(18)11-29(34)12-31(35)25(37(3)4)24(40)20(28(33)43)26(41)30(31,13-32)27(42)21(29)23(19)39/h6-10,20-21,25,38H,11-12,34-35H2,1-5H3,(H2,33,43)/t20?,21?,25-,29-,30+,31-/m1/s1. The Morgan fingerprint density at radius 1 is 1.07 bits per heavy atom. The highest BCUT2D eigenvalue weighted by Gasteiger charge is 2.78. The lowest BCUT2D eigenvalue weighted by Gasteiger charge is -2.60. The van der Waals surface area contributed by atoms with Gasteiger partial charge in [0.2, 0.25) is 5.91 Å². The smallest absolute Gasteiger partial charge is 0.235 e. The number of anilines is 1. The Hall–Kier alpha value is -4.64. The summed E-state index contributed by atoms with van der Waals surface area (Å²) in [5.74, 6) is -9.53. The zero-order chi connectivity index (χ0) is 32.7. The van der Waals surface area contributed by atoms with Crippen LogP contribution in [-0.2, 0) is 25.6 Å². The number of nitriles is 1. The van der Waals surface area contributed by atoms with Gasteiger partial charge in [0.05, 0.1) is 30.3 Å². The number of nitrogens with zero attached hydrogens (tertiary/aromatic N) is 3. The number of hydrogen-bond donors (Lipinski definition) is 4. The van der Waals surface area contributed by atoms with Crippen LogP contribution in [0.4, 0.5) is 5.69 Å². The molecular formula is C31H34N6O7. The third-order valence-electron chi connectivity index (χ3n) is 9.45. The summed E-state index contributed by atoms with van der Waals surface area (Å²) in [5.41, 5.74) is 14.0. The Labute approximate surface area is 253 Å². The van der Waals surface area contributed by atoms with E-state index in [1.807, 2.05) is 0 Å². The van der Waals surface area contributed by atoms with Gasteiger partial charge in [-0.3, -0.25) is 28.9 Å². The molecule has 3 aliphatic carbocycles. The number of rotatable bonds is 5. The van der Waals surface area contributed by atoms with Crippen molar-refractivity contribution in [2.45, 2.75) is 30.0 Å². The highest BCUT2D eigenvalue weighted by atomic mass is 16.5. The van der Waals surface area contributed by atoms with Crippen LogP contribution in [0.5, 0.6) is 11.5 Å². The number of likely N-dealkylation sites (N-methyl/N-ethyl adjacent to an activating group) is 1. The molecule has 7 N–H and O–H groups in total. The van der Waals surface area contributed by atoms with Crippen LogP contribution >= 0.6 is 0 Å². The number of aromatic hydroxyl groups is 1. The molecular weight excluding hydrogens is 568 g/mol. The first-order chi connectivity index (χ1) is 20.5. The van der Waals surface area contributed by atoms with E-state index in [-0.39, 0.29) is 12.0 Å². The number of ketones is 4. The van der Waals surface area contributed by atoms with Gasteiger partial charge in [0.1, 0.15) is 17.4 Å². The average molecular weight is 603 g/mol. The number of benzene rings is 2. The number of phenols is 1. The fraction of sp³-hybridized carbons (Fsp3) is 0.419. The molecule has 13 nitrogen and oxygen atoms in total. The Balaban J connectivity index is 1.78. The lowest BCUT2D eigenvalue weighted by Crippen LogP contribution is -2.85. The summed E-state index contributed by atoms with van der Waals surface area (Å²) >= 11 is 0. The number of methoxy groups -OCH3 is 1. The van der Waals surface area contributed by atoms with E-state index in [2.05, 4.69) is 0 Å². The lowest BCUT2D eigenvalue weighted by atomic mass is 9.42. The lowest BCUT2D eigenvalue weighted by molar-refractivity contribution is -0.166. The molecule has 2 unspecified atom stereocenters. The average Bonchev–Trinajstić information content (AvgIpc) is 2.92. The van der Waals surface area contributed by atoms with E-state index in [0.717, 1.165) is 0 Å². The van der Waals surface area contributed by atoms with Crippen molar-refractivity contribution in [3.63, 3.8) is 0 Å². The quantitative estimate of drug-likeness (QED) is 0.320. The number of ether oxygens (including phenoxy) is 1. The maximum atomic E-state index is 14.6. The molecule has 2 aromatic carbocycles. The van der Waals surface area contributed by atoms with Crippen molar-refractivity contribution in [1.82, 2.24) is 4.90 Å². The van der Waals surface area contributed by atoms with E-state index in [0.29, 0.717) is 28.1 Å². The van der Waals surface area contributed by atoms with E-state index in [9.17, 15) is 34.3 Å². The summed E-state index contributed by atoms with van der Waals surface area (Å²) in [6, 6.07) is 8.71. The molecule has 0 saturated heterocycles. The highest BCUT2D eigenvalue weighted by molar-refractivity contribution is 6.33. The fourth-order valence-corrected chi connectivity index (χ4v) is 7.65. The number of primary amides is 1. The molecule has 0 heterocycles. The van der Waals surface area contributed by atoms with Gasteiger partial charge in [0, 0.05) is 30.9 Å². The number of Topliss-reactive ketones (excluding diaryl/α,β-unsaturated/α-hetero) is 4. The van der Waals surface area contributed by atoms with Crippen LogP contribution in [0.25, 0.3) is 11.1 Å². The molecule has 0 spiro atoms. The molecule has 2 fully saturated rings. The summed E-state index contributed by atoms with van der Waals surface area (Å²) in [4.78, 5) is 71.9. The monoisotopic (exact) mass is 602 g/mol. The molecule has 0 bridgehead atoms. The first-order valence-electron chi connectivity index (χ1n) is 13.8. The first-order valence-corrected chi connectivity index (χ1v) is 13.8. The van der Waals surface area contributed by atoms with E-state index in [1.54, 1.807) is 55.4 Å². The SMILES string of the molecule is COc1ccc(-c2cc(N(C)C)c3c(c2O)C(=O)C2C(=O)[C@]4(C#N)C(=O)C(C(N)=O)C(=O)[C@@H](N(C)C)[C@]4(N)C[C@]2(N)C3)cc1. The second kappa shape index (κ2) is 9.95. The Kier molecular flexibility index (Phi) is 6.97. The van der Waals surface area contributed by atoms with Gasteiger partial charge in [-0.2, -0.15) is 5.26 Å². The van der Waals surface area contributed by atoms with Gasteiger partial charge in [-0.25, -0.2) is 0 Å². The molecule has 230 valence electrons. The Morgan fingerprint density at radius 3 is 2.18 bits per heavy atom. The molecule has 44 heavy (non-hydrogen) atoms. The van der Waals surface area contributed by atoms with Crippen LogP contribution in [0.15, 0.2) is 30.3 Å². The Bertz CT molecular complexity index is 1700. The van der Waals surface area contributed by atoms with Gasteiger partial charge in [-0.15, -0.1) is 0 Å². The maximum Gasteiger partial charge on any atom is 0.235 e. The zero-order valence-electron chi connectivity index (χ0n) is 25.0. The van der Waals surface area contributed by atoms with Crippen molar-refractivity contribution < 1.29 is 33.8 Å². The first kappa shape index (κ1) is 30.8. The number of hydrogen-bond acceptors (Lipinski definition) is 12. The number of carbonyl (C=O) groups is 5. The summed E-state index contributed by atoms with van der Waals surface area (Å²) in [5, 5.41) is 22.1. The van der Waals surface area contributed by atoms with E-state index < -0.39 is 75.6 Å². The third kappa shape index (κ3) is 3.78. The number of nitrogens with two attached hydrogens (primary N) is 3. The summed E-state index contributed by atoms with van der Waals surface area (Å²) in [6.07, 6.45) is -0.633. The predicted molar refractivity (Wildman–Crippen MR) is 158 cm³/mol. The van der Waals surface area contributed by atoms with Gasteiger partial charge < -0.3 is 31.9 Å². The van der Waals surface area contributed by atoms with Crippen molar-refractivity contribution in [3.05, 3.63) is 41.5 Å². The van der Waals surface area contributed by atoms with Crippen molar-refractivity contribution in [3.8, 4) is 28.7 Å². The van der Waals surface area contributed by atoms with Crippen molar-refractivity contribution in [2.24, 2.45) is 34.5 Å². The van der Waals surface area contributed by atoms with Crippen LogP contribution in [0, 0.1) is 28.6 Å². The molecule has 0 radical (unpaired) electrons.